The van der Waals surface area contributed by atoms with Gasteiger partial charge < -0.3 is 10.7 Å². The molecular formula is C6H13N3. The molecule has 0 atom stereocenters. The molecule has 0 aromatic heterocycles. The summed E-state index contributed by atoms with van der Waals surface area (Å²) in [5, 5.41) is 1.69. The van der Waals surface area contributed by atoms with Crippen molar-refractivity contribution in [3.05, 3.63) is 11.9 Å². The van der Waals surface area contributed by atoms with Crippen LogP contribution in [0.15, 0.2) is 11.9 Å². The average molecular weight is 127 g/mol. The molecule has 1 fully saturated rings. The highest BCUT2D eigenvalue weighted by Gasteiger charge is 2.24. The van der Waals surface area contributed by atoms with Gasteiger partial charge in [0.1, 0.15) is 0 Å². The molecule has 52 valence electrons. The highest BCUT2D eigenvalue weighted by Crippen LogP contribution is 2.24. The summed E-state index contributed by atoms with van der Waals surface area (Å²) in [5.74, 6) is 5.56. The van der Waals surface area contributed by atoms with Crippen LogP contribution in [0.5, 0.6) is 0 Å². The van der Waals surface area contributed by atoms with Crippen LogP contribution in [0.4, 0.5) is 0 Å². The Labute approximate surface area is 55.3 Å². The number of hydrazine groups is 1. The lowest BCUT2D eigenvalue weighted by molar-refractivity contribution is 0.380. The zero-order chi connectivity index (χ0) is 6.85. The molecule has 1 aliphatic rings. The number of nitrogens with two attached hydrogens (primary N) is 2. The molecule has 1 aliphatic carbocycles. The van der Waals surface area contributed by atoms with Crippen molar-refractivity contribution < 1.29 is 0 Å². The SMILES string of the molecule is C/C(N)=C/N(N)C1CC1. The van der Waals surface area contributed by atoms with E-state index in [0.717, 1.165) is 5.70 Å². The highest BCUT2D eigenvalue weighted by molar-refractivity contribution is 4.95. The molecule has 3 nitrogen and oxygen atoms in total. The van der Waals surface area contributed by atoms with Gasteiger partial charge in [-0.1, -0.05) is 0 Å². The van der Waals surface area contributed by atoms with Gasteiger partial charge >= 0.3 is 0 Å². The number of nitrogens with zero attached hydrogens (tertiary/aromatic N) is 1. The van der Waals surface area contributed by atoms with Crippen molar-refractivity contribution >= 4 is 0 Å². The third-order valence-corrected chi connectivity index (χ3v) is 1.32. The second-order valence-electron chi connectivity index (χ2n) is 2.55. The van der Waals surface area contributed by atoms with Crippen LogP contribution in [0.2, 0.25) is 0 Å². The van der Waals surface area contributed by atoms with Gasteiger partial charge in [-0.3, -0.25) is 0 Å². The molecule has 3 heteroatoms. The summed E-state index contributed by atoms with van der Waals surface area (Å²) >= 11 is 0. The summed E-state index contributed by atoms with van der Waals surface area (Å²) in [6, 6.07) is 0.559. The van der Waals surface area contributed by atoms with Gasteiger partial charge in [0.25, 0.3) is 0 Å². The second kappa shape index (κ2) is 2.27. The van der Waals surface area contributed by atoms with Crippen LogP contribution in [0.3, 0.4) is 0 Å². The Balaban J connectivity index is 2.33. The van der Waals surface area contributed by atoms with E-state index < -0.39 is 0 Å². The van der Waals surface area contributed by atoms with E-state index in [0.29, 0.717) is 6.04 Å². The summed E-state index contributed by atoms with van der Waals surface area (Å²) < 4.78 is 0. The Morgan fingerprint density at radius 3 is 2.56 bits per heavy atom. The van der Waals surface area contributed by atoms with E-state index in [-0.39, 0.29) is 0 Å². The maximum atomic E-state index is 5.56. The summed E-state index contributed by atoms with van der Waals surface area (Å²) in [7, 11) is 0. The lowest BCUT2D eigenvalue weighted by Crippen LogP contribution is -2.28. The molecule has 0 radical (unpaired) electrons. The second-order valence-corrected chi connectivity index (χ2v) is 2.55. The van der Waals surface area contributed by atoms with Crippen molar-refractivity contribution in [3.8, 4) is 0 Å². The van der Waals surface area contributed by atoms with Crippen LogP contribution in [0.25, 0.3) is 0 Å². The monoisotopic (exact) mass is 127 g/mol. The Kier molecular flexibility index (Phi) is 1.62. The minimum Gasteiger partial charge on any atom is -0.401 e. The fourth-order valence-electron chi connectivity index (χ4n) is 0.713. The highest BCUT2D eigenvalue weighted by atomic mass is 15.4. The van der Waals surface area contributed by atoms with Gasteiger partial charge in [0.15, 0.2) is 0 Å². The molecule has 9 heavy (non-hydrogen) atoms. The number of hydrogen-bond donors (Lipinski definition) is 2. The molecular weight excluding hydrogens is 114 g/mol. The lowest BCUT2D eigenvalue weighted by Gasteiger charge is -2.11. The van der Waals surface area contributed by atoms with Crippen LogP contribution < -0.4 is 11.6 Å². The predicted molar refractivity (Wildman–Crippen MR) is 37.0 cm³/mol. The fourth-order valence-corrected chi connectivity index (χ4v) is 0.713. The van der Waals surface area contributed by atoms with Crippen molar-refractivity contribution in [1.82, 2.24) is 5.01 Å². The van der Waals surface area contributed by atoms with E-state index in [1.807, 2.05) is 6.92 Å². The van der Waals surface area contributed by atoms with Gasteiger partial charge in [0, 0.05) is 17.9 Å². The van der Waals surface area contributed by atoms with Crippen molar-refractivity contribution in [1.29, 1.82) is 0 Å². The molecule has 1 rings (SSSR count). The molecule has 1 saturated carbocycles. The van der Waals surface area contributed by atoms with Crippen LogP contribution in [-0.2, 0) is 0 Å². The first kappa shape index (κ1) is 6.42. The Morgan fingerprint density at radius 2 is 2.22 bits per heavy atom. The molecule has 0 bridgehead atoms. The van der Waals surface area contributed by atoms with Crippen molar-refractivity contribution in [2.75, 3.05) is 0 Å². The van der Waals surface area contributed by atoms with Crippen LogP contribution in [0.1, 0.15) is 19.8 Å². The quantitative estimate of drug-likeness (QED) is 0.410. The molecule has 0 amide bonds. The minimum absolute atomic E-state index is 0.559. The summed E-state index contributed by atoms with van der Waals surface area (Å²) in [5.41, 5.74) is 6.17. The number of hydrogen-bond acceptors (Lipinski definition) is 3. The van der Waals surface area contributed by atoms with E-state index in [9.17, 15) is 0 Å². The van der Waals surface area contributed by atoms with Crippen molar-refractivity contribution in [2.24, 2.45) is 11.6 Å². The van der Waals surface area contributed by atoms with E-state index in [1.165, 1.54) is 12.8 Å². The molecule has 0 spiro atoms. The zero-order valence-electron chi connectivity index (χ0n) is 5.67. The molecule has 0 aromatic carbocycles. The smallest absolute Gasteiger partial charge is 0.0448 e. The van der Waals surface area contributed by atoms with E-state index >= 15 is 0 Å². The molecule has 0 aliphatic heterocycles. The Hall–Kier alpha value is -0.700. The Morgan fingerprint density at radius 1 is 1.67 bits per heavy atom. The topological polar surface area (TPSA) is 55.3 Å². The fraction of sp³-hybridized carbons (Fsp3) is 0.667. The Bertz CT molecular complexity index is 122. The summed E-state index contributed by atoms with van der Waals surface area (Å²) in [6.45, 7) is 1.84. The van der Waals surface area contributed by atoms with Crippen LogP contribution in [-0.4, -0.2) is 11.1 Å². The maximum absolute atomic E-state index is 5.56. The van der Waals surface area contributed by atoms with Crippen molar-refractivity contribution in [2.45, 2.75) is 25.8 Å². The van der Waals surface area contributed by atoms with Crippen LogP contribution in [0, 0.1) is 0 Å². The largest absolute Gasteiger partial charge is 0.401 e. The van der Waals surface area contributed by atoms with E-state index in [2.05, 4.69) is 0 Å². The molecule has 4 N–H and O–H groups in total. The third-order valence-electron chi connectivity index (χ3n) is 1.32. The van der Waals surface area contributed by atoms with Crippen LogP contribution >= 0.6 is 0 Å². The zero-order valence-corrected chi connectivity index (χ0v) is 5.67. The first-order chi connectivity index (χ1) is 4.20. The lowest BCUT2D eigenvalue weighted by atomic mass is 10.5. The third kappa shape index (κ3) is 1.93. The summed E-state index contributed by atoms with van der Waals surface area (Å²) in [4.78, 5) is 0. The standard InChI is InChI=1S/C6H13N3/c1-5(7)4-9(8)6-2-3-6/h4,6H,2-3,7-8H2,1H3/b5-4-. The molecule has 0 saturated heterocycles. The average Bonchev–Trinajstić information content (AvgIpc) is 2.40. The summed E-state index contributed by atoms with van der Waals surface area (Å²) in [6.07, 6.45) is 4.19. The number of rotatable bonds is 2. The van der Waals surface area contributed by atoms with Gasteiger partial charge in [-0.25, -0.2) is 5.84 Å². The first-order valence-electron chi connectivity index (χ1n) is 3.17. The van der Waals surface area contributed by atoms with Gasteiger partial charge in [-0.15, -0.1) is 0 Å². The predicted octanol–water partition coefficient (Wildman–Crippen LogP) is 0.145. The molecule has 0 unspecified atom stereocenters. The van der Waals surface area contributed by atoms with Gasteiger partial charge in [-0.05, 0) is 19.8 Å². The first-order valence-corrected chi connectivity index (χ1v) is 3.17. The molecule has 0 aromatic rings. The van der Waals surface area contributed by atoms with Gasteiger partial charge in [0.05, 0.1) is 0 Å². The normalized spacial score (nSPS) is 20.0. The van der Waals surface area contributed by atoms with Gasteiger partial charge in [0.2, 0.25) is 0 Å². The van der Waals surface area contributed by atoms with E-state index in [1.54, 1.807) is 11.2 Å². The molecule has 0 heterocycles. The van der Waals surface area contributed by atoms with Crippen molar-refractivity contribution in [3.63, 3.8) is 0 Å². The minimum atomic E-state index is 0.559. The van der Waals surface area contributed by atoms with Gasteiger partial charge in [-0.2, -0.15) is 0 Å². The number of allylic oxidation sites excluding steroid dienone is 1. The van der Waals surface area contributed by atoms with E-state index in [4.69, 9.17) is 11.6 Å². The maximum Gasteiger partial charge on any atom is 0.0448 e.